The summed E-state index contributed by atoms with van der Waals surface area (Å²) in [5.41, 5.74) is 1.48. The fourth-order valence-corrected chi connectivity index (χ4v) is 2.46. The van der Waals surface area contributed by atoms with Gasteiger partial charge in [-0.25, -0.2) is 0 Å². The highest BCUT2D eigenvalue weighted by Gasteiger charge is 2.41. The van der Waals surface area contributed by atoms with Gasteiger partial charge in [-0.05, 0) is 25.3 Å². The van der Waals surface area contributed by atoms with E-state index < -0.39 is 6.10 Å². The van der Waals surface area contributed by atoms with Crippen molar-refractivity contribution in [2.75, 3.05) is 0 Å². The minimum atomic E-state index is -0.741. The van der Waals surface area contributed by atoms with Crippen LogP contribution in [0.25, 0.3) is 10.9 Å². The number of ether oxygens (including phenoxy) is 1. The van der Waals surface area contributed by atoms with E-state index in [1.165, 1.54) is 0 Å². The van der Waals surface area contributed by atoms with Gasteiger partial charge in [0.1, 0.15) is 0 Å². The summed E-state index contributed by atoms with van der Waals surface area (Å²) in [6.07, 6.45) is 1.80. The third-order valence-corrected chi connectivity index (χ3v) is 3.93. The van der Waals surface area contributed by atoms with Gasteiger partial charge in [0.05, 0.1) is 5.92 Å². The van der Waals surface area contributed by atoms with Crippen LogP contribution in [0.15, 0.2) is 30.5 Å². The van der Waals surface area contributed by atoms with Crippen molar-refractivity contribution < 1.29 is 14.3 Å². The highest BCUT2D eigenvalue weighted by molar-refractivity contribution is 6.10. The number of carbonyl (C=O) groups excluding carboxylic acids is 2. The lowest BCUT2D eigenvalue weighted by atomic mass is 10.1. The van der Waals surface area contributed by atoms with E-state index >= 15 is 0 Å². The molecule has 0 spiro atoms. The van der Waals surface area contributed by atoms with Crippen molar-refractivity contribution in [3.8, 4) is 0 Å². The Labute approximate surface area is 117 Å². The molecule has 1 aromatic heterocycles. The Balaban J connectivity index is 1.76. The molecule has 20 heavy (non-hydrogen) atoms. The van der Waals surface area contributed by atoms with Crippen molar-refractivity contribution in [3.05, 3.63) is 36.0 Å². The van der Waals surface area contributed by atoms with Crippen molar-refractivity contribution in [2.45, 2.75) is 26.4 Å². The van der Waals surface area contributed by atoms with Gasteiger partial charge < -0.3 is 9.72 Å². The van der Waals surface area contributed by atoms with Gasteiger partial charge >= 0.3 is 5.97 Å². The Hall–Kier alpha value is -2.10. The van der Waals surface area contributed by atoms with Crippen LogP contribution in [0.5, 0.6) is 0 Å². The van der Waals surface area contributed by atoms with Crippen LogP contribution >= 0.6 is 0 Å². The fraction of sp³-hybridized carbons (Fsp3) is 0.375. The highest BCUT2D eigenvalue weighted by atomic mass is 16.5. The van der Waals surface area contributed by atoms with Gasteiger partial charge in [-0.1, -0.05) is 25.1 Å². The average molecular weight is 271 g/mol. The normalized spacial score (nSPS) is 22.5. The topological polar surface area (TPSA) is 59.2 Å². The summed E-state index contributed by atoms with van der Waals surface area (Å²) in [5, 5.41) is 0.861. The molecular formula is C16H17NO3. The molecule has 1 aliphatic carbocycles. The van der Waals surface area contributed by atoms with Gasteiger partial charge in [0.25, 0.3) is 0 Å². The lowest BCUT2D eigenvalue weighted by Crippen LogP contribution is -2.25. The molecule has 0 bridgehead atoms. The van der Waals surface area contributed by atoms with E-state index in [-0.39, 0.29) is 17.7 Å². The van der Waals surface area contributed by atoms with Crippen molar-refractivity contribution in [1.82, 2.24) is 4.98 Å². The zero-order valence-electron chi connectivity index (χ0n) is 11.6. The Morgan fingerprint density at radius 3 is 2.75 bits per heavy atom. The van der Waals surface area contributed by atoms with Gasteiger partial charge in [0, 0.05) is 22.7 Å². The second-order valence-electron chi connectivity index (χ2n) is 5.51. The molecule has 0 saturated heterocycles. The van der Waals surface area contributed by atoms with Crippen LogP contribution in [0.4, 0.5) is 0 Å². The molecule has 1 saturated carbocycles. The Bertz CT molecular complexity index is 673. The summed E-state index contributed by atoms with van der Waals surface area (Å²) in [5.74, 6) is -0.0478. The third kappa shape index (κ3) is 2.22. The number of carbonyl (C=O) groups is 2. The minimum absolute atomic E-state index is 0.0202. The fourth-order valence-electron chi connectivity index (χ4n) is 2.46. The van der Waals surface area contributed by atoms with E-state index in [0.717, 1.165) is 17.3 Å². The molecule has 3 rings (SSSR count). The zero-order chi connectivity index (χ0) is 14.3. The Morgan fingerprint density at radius 1 is 1.35 bits per heavy atom. The predicted octanol–water partition coefficient (Wildman–Crippen LogP) is 2.94. The zero-order valence-corrected chi connectivity index (χ0v) is 11.6. The van der Waals surface area contributed by atoms with Gasteiger partial charge in [0.2, 0.25) is 5.78 Å². The van der Waals surface area contributed by atoms with Crippen molar-refractivity contribution in [1.29, 1.82) is 0 Å². The molecular weight excluding hydrogens is 254 g/mol. The lowest BCUT2D eigenvalue weighted by Gasteiger charge is -2.11. The number of benzene rings is 1. The van der Waals surface area contributed by atoms with Crippen molar-refractivity contribution in [2.24, 2.45) is 11.8 Å². The van der Waals surface area contributed by atoms with Crippen LogP contribution in [0.1, 0.15) is 30.6 Å². The van der Waals surface area contributed by atoms with E-state index in [4.69, 9.17) is 4.74 Å². The first-order valence-electron chi connectivity index (χ1n) is 6.88. The molecule has 104 valence electrons. The molecule has 0 aliphatic heterocycles. The van der Waals surface area contributed by atoms with E-state index in [9.17, 15) is 9.59 Å². The number of para-hydroxylation sites is 1. The molecule has 1 aromatic carbocycles. The number of ketones is 1. The number of rotatable bonds is 4. The first kappa shape index (κ1) is 12.9. The molecule has 1 heterocycles. The van der Waals surface area contributed by atoms with Gasteiger partial charge in [-0.3, -0.25) is 9.59 Å². The lowest BCUT2D eigenvalue weighted by molar-refractivity contribution is -0.148. The molecule has 1 aliphatic rings. The number of aromatic nitrogens is 1. The molecule has 3 atom stereocenters. The number of esters is 1. The molecule has 2 aromatic rings. The number of fused-ring (bicyclic) bond motifs is 1. The summed E-state index contributed by atoms with van der Waals surface area (Å²) < 4.78 is 5.28. The summed E-state index contributed by atoms with van der Waals surface area (Å²) in [6.45, 7) is 3.65. The summed E-state index contributed by atoms with van der Waals surface area (Å²) in [7, 11) is 0. The second kappa shape index (κ2) is 4.78. The van der Waals surface area contributed by atoms with Crippen molar-refractivity contribution in [3.63, 3.8) is 0 Å². The number of H-pyrrole nitrogens is 1. The monoisotopic (exact) mass is 271 g/mol. The molecule has 1 N–H and O–H groups in total. The maximum absolute atomic E-state index is 12.4. The summed E-state index contributed by atoms with van der Waals surface area (Å²) >= 11 is 0. The van der Waals surface area contributed by atoms with Crippen LogP contribution in [0.3, 0.4) is 0 Å². The second-order valence-corrected chi connectivity index (χ2v) is 5.51. The molecule has 1 fully saturated rings. The van der Waals surface area contributed by atoms with Crippen molar-refractivity contribution >= 4 is 22.7 Å². The predicted molar refractivity (Wildman–Crippen MR) is 75.5 cm³/mol. The first-order chi connectivity index (χ1) is 9.58. The highest BCUT2D eigenvalue weighted by Crippen LogP contribution is 2.39. The third-order valence-electron chi connectivity index (χ3n) is 3.93. The maximum atomic E-state index is 12.4. The van der Waals surface area contributed by atoms with E-state index in [0.29, 0.717) is 11.5 Å². The van der Waals surface area contributed by atoms with E-state index in [2.05, 4.69) is 4.98 Å². The Morgan fingerprint density at radius 2 is 2.05 bits per heavy atom. The standard InChI is InChI=1S/C16H17NO3/c1-9-7-12(9)16(19)20-10(2)15(18)13-8-17-14-6-4-3-5-11(13)14/h3-6,8-10,12,17H,7H2,1-2H3. The average Bonchev–Trinajstić information content (AvgIpc) is 3.02. The number of Topliss-reactive ketones (excluding diaryl/α,β-unsaturated/α-hetero) is 1. The maximum Gasteiger partial charge on any atom is 0.309 e. The molecule has 3 unspecified atom stereocenters. The summed E-state index contributed by atoms with van der Waals surface area (Å²) in [4.78, 5) is 27.2. The Kier molecular flexibility index (Phi) is 3.08. The van der Waals surface area contributed by atoms with Gasteiger partial charge in [-0.15, -0.1) is 0 Å². The van der Waals surface area contributed by atoms with Crippen LogP contribution in [-0.2, 0) is 9.53 Å². The number of nitrogens with one attached hydrogen (secondary N) is 1. The number of aromatic amines is 1. The SMILES string of the molecule is CC(OC(=O)C1CC1C)C(=O)c1c[nH]c2ccccc12. The van der Waals surface area contributed by atoms with Crippen LogP contribution in [-0.4, -0.2) is 22.8 Å². The molecule has 4 nitrogen and oxygen atoms in total. The van der Waals surface area contributed by atoms with Crippen LogP contribution in [0.2, 0.25) is 0 Å². The molecule has 0 radical (unpaired) electrons. The molecule has 4 heteroatoms. The van der Waals surface area contributed by atoms with Gasteiger partial charge in [-0.2, -0.15) is 0 Å². The summed E-state index contributed by atoms with van der Waals surface area (Å²) in [6, 6.07) is 7.59. The quantitative estimate of drug-likeness (QED) is 0.687. The number of hydrogen-bond acceptors (Lipinski definition) is 3. The first-order valence-corrected chi connectivity index (χ1v) is 6.88. The van der Waals surface area contributed by atoms with Gasteiger partial charge in [0.15, 0.2) is 6.10 Å². The van der Waals surface area contributed by atoms with Crippen LogP contribution < -0.4 is 0 Å². The van der Waals surface area contributed by atoms with Crippen LogP contribution in [0, 0.1) is 11.8 Å². The number of hydrogen-bond donors (Lipinski definition) is 1. The van der Waals surface area contributed by atoms with E-state index in [1.807, 2.05) is 31.2 Å². The smallest absolute Gasteiger partial charge is 0.309 e. The largest absolute Gasteiger partial charge is 0.454 e. The van der Waals surface area contributed by atoms with E-state index in [1.54, 1.807) is 13.1 Å². The minimum Gasteiger partial charge on any atom is -0.454 e. The molecule has 0 amide bonds.